The van der Waals surface area contributed by atoms with E-state index in [4.69, 9.17) is 16.3 Å². The first-order valence-electron chi connectivity index (χ1n) is 4.69. The number of benzene rings is 1. The van der Waals surface area contributed by atoms with Crippen LogP contribution < -0.4 is 9.84 Å². The zero-order chi connectivity index (χ0) is 12.8. The minimum Gasteiger partial charge on any atom is -0.548 e. The Bertz CT molecular complexity index is 437. The van der Waals surface area contributed by atoms with Crippen LogP contribution in [0.15, 0.2) is 28.5 Å². The van der Waals surface area contributed by atoms with Crippen molar-refractivity contribution >= 4 is 23.3 Å². The third-order valence-corrected chi connectivity index (χ3v) is 2.04. The molecule has 0 aliphatic heterocycles. The monoisotopic (exact) mass is 256 g/mol. The van der Waals surface area contributed by atoms with Crippen LogP contribution in [0.2, 0.25) is 5.02 Å². The normalized spacial score (nSPS) is 10.5. The average molecular weight is 257 g/mol. The van der Waals surface area contributed by atoms with Gasteiger partial charge in [-0.25, -0.2) is 0 Å². The van der Waals surface area contributed by atoms with Crippen LogP contribution in [-0.2, 0) is 4.79 Å². The van der Waals surface area contributed by atoms with Gasteiger partial charge in [-0.2, -0.15) is 0 Å². The second-order valence-electron chi connectivity index (χ2n) is 3.19. The Morgan fingerprint density at radius 3 is 2.88 bits per heavy atom. The van der Waals surface area contributed by atoms with Gasteiger partial charge in [0, 0.05) is 12.1 Å². The van der Waals surface area contributed by atoms with Crippen molar-refractivity contribution < 1.29 is 14.6 Å². The average Bonchev–Trinajstić information content (AvgIpc) is 2.25. The molecule has 0 N–H and O–H groups in total. The molecular formula is C10H11ClN3O3-. The van der Waals surface area contributed by atoms with Crippen molar-refractivity contribution in [2.45, 2.75) is 0 Å². The van der Waals surface area contributed by atoms with Crippen LogP contribution in [0.5, 0.6) is 5.75 Å². The molecule has 0 aliphatic rings. The predicted octanol–water partition coefficient (Wildman–Crippen LogP) is 1.03. The molecule has 0 saturated heterocycles. The SMILES string of the molecule is COc1ccc(Cl)cc1N=NN(C)CC(=O)[O-]. The number of likely N-dealkylation sites (N-methyl/N-ethyl adjacent to an activating group) is 1. The van der Waals surface area contributed by atoms with E-state index in [1.54, 1.807) is 18.2 Å². The van der Waals surface area contributed by atoms with Crippen LogP contribution in [0.1, 0.15) is 0 Å². The number of hydrogen-bond donors (Lipinski definition) is 0. The van der Waals surface area contributed by atoms with Gasteiger partial charge < -0.3 is 14.6 Å². The molecule has 6 nitrogen and oxygen atoms in total. The Balaban J connectivity index is 2.82. The lowest BCUT2D eigenvalue weighted by atomic mass is 10.3. The summed E-state index contributed by atoms with van der Waals surface area (Å²) in [6, 6.07) is 4.87. The van der Waals surface area contributed by atoms with E-state index in [1.165, 1.54) is 14.2 Å². The highest BCUT2D eigenvalue weighted by atomic mass is 35.5. The summed E-state index contributed by atoms with van der Waals surface area (Å²) in [5.41, 5.74) is 0.421. The van der Waals surface area contributed by atoms with Crippen molar-refractivity contribution in [3.63, 3.8) is 0 Å². The van der Waals surface area contributed by atoms with Crippen LogP contribution in [0.3, 0.4) is 0 Å². The molecule has 0 saturated carbocycles. The van der Waals surface area contributed by atoms with Crippen molar-refractivity contribution in [2.75, 3.05) is 20.7 Å². The number of carboxylic acids is 1. The van der Waals surface area contributed by atoms with Gasteiger partial charge in [-0.15, -0.1) is 5.11 Å². The molecule has 0 radical (unpaired) electrons. The number of ether oxygens (including phenoxy) is 1. The number of carboxylic acid groups (broad SMARTS) is 1. The largest absolute Gasteiger partial charge is 0.548 e. The highest BCUT2D eigenvalue weighted by molar-refractivity contribution is 6.30. The van der Waals surface area contributed by atoms with Gasteiger partial charge in [0.05, 0.1) is 19.6 Å². The first kappa shape index (κ1) is 13.2. The first-order valence-corrected chi connectivity index (χ1v) is 5.07. The summed E-state index contributed by atoms with van der Waals surface area (Å²) in [7, 11) is 2.96. The molecule has 0 bridgehead atoms. The molecule has 0 aliphatic carbocycles. The van der Waals surface area contributed by atoms with Crippen molar-refractivity contribution in [1.29, 1.82) is 0 Å². The lowest BCUT2D eigenvalue weighted by Crippen LogP contribution is -2.33. The van der Waals surface area contributed by atoms with Gasteiger partial charge in [0.15, 0.2) is 0 Å². The Morgan fingerprint density at radius 1 is 1.59 bits per heavy atom. The molecule has 0 aromatic heterocycles. The number of aliphatic carboxylic acids is 1. The fourth-order valence-corrected chi connectivity index (χ4v) is 1.25. The van der Waals surface area contributed by atoms with Crippen LogP contribution in [0, 0.1) is 0 Å². The molecule has 17 heavy (non-hydrogen) atoms. The summed E-state index contributed by atoms with van der Waals surface area (Å²) in [5, 5.41) is 19.4. The van der Waals surface area contributed by atoms with Crippen LogP contribution in [0.25, 0.3) is 0 Å². The van der Waals surface area contributed by atoms with Crippen molar-refractivity contribution in [3.05, 3.63) is 23.2 Å². The van der Waals surface area contributed by atoms with Gasteiger partial charge in [0.2, 0.25) is 0 Å². The maximum absolute atomic E-state index is 10.3. The number of halogens is 1. The minimum absolute atomic E-state index is 0.341. The van der Waals surface area contributed by atoms with E-state index in [9.17, 15) is 9.90 Å². The summed E-state index contributed by atoms with van der Waals surface area (Å²) >= 11 is 5.80. The minimum atomic E-state index is -1.23. The van der Waals surface area contributed by atoms with E-state index in [2.05, 4.69) is 10.3 Å². The Labute approximate surface area is 103 Å². The molecule has 0 amide bonds. The highest BCUT2D eigenvalue weighted by Crippen LogP contribution is 2.30. The van der Waals surface area contributed by atoms with E-state index in [-0.39, 0.29) is 6.54 Å². The molecule has 0 atom stereocenters. The van der Waals surface area contributed by atoms with E-state index >= 15 is 0 Å². The lowest BCUT2D eigenvalue weighted by molar-refractivity contribution is -0.306. The fraction of sp³-hybridized carbons (Fsp3) is 0.300. The van der Waals surface area contributed by atoms with Crippen molar-refractivity contribution in [2.24, 2.45) is 10.3 Å². The predicted molar refractivity (Wildman–Crippen MR) is 60.2 cm³/mol. The maximum Gasteiger partial charge on any atom is 0.146 e. The Morgan fingerprint density at radius 2 is 2.29 bits per heavy atom. The second-order valence-corrected chi connectivity index (χ2v) is 3.63. The van der Waals surface area contributed by atoms with Gasteiger partial charge in [0.25, 0.3) is 0 Å². The number of carbonyl (C=O) groups excluding carboxylic acids is 1. The van der Waals surface area contributed by atoms with Gasteiger partial charge in [0.1, 0.15) is 11.4 Å². The van der Waals surface area contributed by atoms with E-state index in [1.807, 2.05) is 0 Å². The highest BCUT2D eigenvalue weighted by Gasteiger charge is 2.03. The molecule has 7 heteroatoms. The summed E-state index contributed by atoms with van der Waals surface area (Å²) in [6.45, 7) is -0.341. The van der Waals surface area contributed by atoms with Crippen LogP contribution >= 0.6 is 11.6 Å². The molecule has 0 unspecified atom stereocenters. The molecule has 0 spiro atoms. The number of carbonyl (C=O) groups is 1. The fourth-order valence-electron chi connectivity index (χ4n) is 1.08. The van der Waals surface area contributed by atoms with E-state index < -0.39 is 5.97 Å². The molecular weight excluding hydrogens is 246 g/mol. The zero-order valence-electron chi connectivity index (χ0n) is 9.38. The Kier molecular flexibility index (Phi) is 4.71. The molecule has 92 valence electrons. The maximum atomic E-state index is 10.3. The van der Waals surface area contributed by atoms with E-state index in [0.717, 1.165) is 5.01 Å². The number of rotatable bonds is 5. The second kappa shape index (κ2) is 6.05. The zero-order valence-corrected chi connectivity index (χ0v) is 10.1. The summed E-state index contributed by atoms with van der Waals surface area (Å²) in [4.78, 5) is 10.3. The number of nitrogens with zero attached hydrogens (tertiary/aromatic N) is 3. The molecule has 1 aromatic carbocycles. The number of hydrogen-bond acceptors (Lipinski definition) is 5. The molecule has 0 heterocycles. The van der Waals surface area contributed by atoms with Gasteiger partial charge in [-0.1, -0.05) is 16.8 Å². The third-order valence-electron chi connectivity index (χ3n) is 1.80. The third kappa shape index (κ3) is 4.28. The van der Waals surface area contributed by atoms with Crippen LogP contribution in [0.4, 0.5) is 5.69 Å². The van der Waals surface area contributed by atoms with Gasteiger partial charge in [-0.3, -0.25) is 5.01 Å². The van der Waals surface area contributed by atoms with Crippen molar-refractivity contribution in [3.8, 4) is 5.75 Å². The van der Waals surface area contributed by atoms with Gasteiger partial charge in [-0.05, 0) is 18.2 Å². The standard InChI is InChI=1S/C10H12ClN3O3/c1-14(6-10(15)16)13-12-8-5-7(11)3-4-9(8)17-2/h3-5H,6H2,1-2H3,(H,15,16)/p-1. The quantitative estimate of drug-likeness (QED) is 0.582. The summed E-state index contributed by atoms with van der Waals surface area (Å²) < 4.78 is 5.05. The van der Waals surface area contributed by atoms with Gasteiger partial charge >= 0.3 is 0 Å². The smallest absolute Gasteiger partial charge is 0.146 e. The topological polar surface area (TPSA) is 77.3 Å². The van der Waals surface area contributed by atoms with Crippen LogP contribution in [-0.4, -0.2) is 31.7 Å². The summed E-state index contributed by atoms with van der Waals surface area (Å²) in [5.74, 6) is -0.732. The lowest BCUT2D eigenvalue weighted by Gasteiger charge is -2.11. The summed E-state index contributed by atoms with van der Waals surface area (Å²) in [6.07, 6.45) is 0. The Hall–Kier alpha value is -1.82. The molecule has 1 rings (SSSR count). The molecule has 1 aromatic rings. The first-order chi connectivity index (χ1) is 8.02. The van der Waals surface area contributed by atoms with E-state index in [0.29, 0.717) is 16.5 Å². The number of methoxy groups -OCH3 is 1. The molecule has 0 fully saturated rings. The van der Waals surface area contributed by atoms with Crippen molar-refractivity contribution in [1.82, 2.24) is 5.01 Å².